The summed E-state index contributed by atoms with van der Waals surface area (Å²) in [6, 6.07) is 5.94. The minimum atomic E-state index is -0.194. The summed E-state index contributed by atoms with van der Waals surface area (Å²) in [5, 5.41) is 0. The first-order valence-corrected chi connectivity index (χ1v) is 4.79. The zero-order chi connectivity index (χ0) is 10.3. The van der Waals surface area contributed by atoms with Gasteiger partial charge in [0.15, 0.2) is 0 Å². The third kappa shape index (κ3) is 1.41. The highest BCUT2D eigenvalue weighted by Crippen LogP contribution is 2.27. The van der Waals surface area contributed by atoms with E-state index in [9.17, 15) is 4.79 Å². The Kier molecular flexibility index (Phi) is 1.88. The Bertz CT molecular complexity index is 386. The maximum atomic E-state index is 11.2. The second-order valence-corrected chi connectivity index (χ2v) is 4.70. The summed E-state index contributed by atoms with van der Waals surface area (Å²) in [7, 11) is 0. The van der Waals surface area contributed by atoms with Crippen LogP contribution in [0.5, 0.6) is 0 Å². The average molecular weight is 190 g/mol. The molecule has 0 spiro atoms. The molecule has 2 nitrogen and oxygen atoms in total. The lowest BCUT2D eigenvalue weighted by atomic mass is 9.85. The predicted molar refractivity (Wildman–Crippen MR) is 54.3 cm³/mol. The van der Waals surface area contributed by atoms with Gasteiger partial charge in [-0.3, -0.25) is 0 Å². The highest BCUT2D eigenvalue weighted by molar-refractivity contribution is 5.93. The number of rotatable bonds is 0. The third-order valence-electron chi connectivity index (χ3n) is 2.55. The van der Waals surface area contributed by atoms with Crippen LogP contribution in [0.1, 0.15) is 42.3 Å². The average Bonchev–Trinajstić information content (AvgIpc) is 2.46. The van der Waals surface area contributed by atoms with Crippen LogP contribution in [-0.2, 0) is 16.8 Å². The van der Waals surface area contributed by atoms with E-state index in [2.05, 4.69) is 26.8 Å². The van der Waals surface area contributed by atoms with Gasteiger partial charge in [0.25, 0.3) is 0 Å². The zero-order valence-electron chi connectivity index (χ0n) is 8.76. The first-order chi connectivity index (χ1) is 6.48. The molecule has 1 aromatic carbocycles. The zero-order valence-corrected chi connectivity index (χ0v) is 8.76. The predicted octanol–water partition coefficient (Wildman–Crippen LogP) is 2.65. The summed E-state index contributed by atoms with van der Waals surface area (Å²) in [4.78, 5) is 11.2. The molecule has 0 saturated heterocycles. The number of carbonyl (C=O) groups is 1. The first kappa shape index (κ1) is 9.25. The maximum Gasteiger partial charge on any atom is 0.338 e. The van der Waals surface area contributed by atoms with Crippen molar-refractivity contribution in [1.82, 2.24) is 0 Å². The summed E-state index contributed by atoms with van der Waals surface area (Å²) in [6.45, 7) is 6.91. The Morgan fingerprint density at radius 3 is 2.64 bits per heavy atom. The van der Waals surface area contributed by atoms with Gasteiger partial charge in [-0.15, -0.1) is 0 Å². The van der Waals surface area contributed by atoms with Gasteiger partial charge in [-0.25, -0.2) is 4.79 Å². The van der Waals surface area contributed by atoms with Crippen molar-refractivity contribution < 1.29 is 9.53 Å². The molecule has 0 atom stereocenters. The molecule has 2 rings (SSSR count). The van der Waals surface area contributed by atoms with E-state index in [1.807, 2.05) is 12.1 Å². The molecule has 0 N–H and O–H groups in total. The fraction of sp³-hybridized carbons (Fsp3) is 0.417. The van der Waals surface area contributed by atoms with Gasteiger partial charge < -0.3 is 4.74 Å². The van der Waals surface area contributed by atoms with Crippen molar-refractivity contribution in [2.75, 3.05) is 0 Å². The van der Waals surface area contributed by atoms with Crippen LogP contribution >= 0.6 is 0 Å². The number of ether oxygens (including phenoxy) is 1. The quantitative estimate of drug-likeness (QED) is 0.588. The van der Waals surface area contributed by atoms with Crippen molar-refractivity contribution in [2.45, 2.75) is 32.8 Å². The number of hydrogen-bond donors (Lipinski definition) is 0. The lowest BCUT2D eigenvalue weighted by molar-refractivity contribution is 0.0535. The second kappa shape index (κ2) is 2.84. The third-order valence-corrected chi connectivity index (χ3v) is 2.55. The van der Waals surface area contributed by atoms with Crippen LogP contribution in [0.4, 0.5) is 0 Å². The van der Waals surface area contributed by atoms with E-state index in [1.54, 1.807) is 0 Å². The fourth-order valence-electron chi connectivity index (χ4n) is 1.60. The van der Waals surface area contributed by atoms with Crippen LogP contribution in [0.3, 0.4) is 0 Å². The number of cyclic esters (lactones) is 1. The summed E-state index contributed by atoms with van der Waals surface area (Å²) >= 11 is 0. The Hall–Kier alpha value is -1.31. The van der Waals surface area contributed by atoms with Gasteiger partial charge in [0.05, 0.1) is 5.56 Å². The number of fused-ring (bicyclic) bond motifs is 1. The second-order valence-electron chi connectivity index (χ2n) is 4.70. The van der Waals surface area contributed by atoms with Gasteiger partial charge in [0.1, 0.15) is 6.61 Å². The Labute approximate surface area is 83.9 Å². The molecule has 0 aliphatic carbocycles. The van der Waals surface area contributed by atoms with Crippen LogP contribution in [0, 0.1) is 0 Å². The van der Waals surface area contributed by atoms with Gasteiger partial charge in [0.2, 0.25) is 0 Å². The van der Waals surface area contributed by atoms with Gasteiger partial charge in [-0.2, -0.15) is 0 Å². The Morgan fingerprint density at radius 2 is 2.00 bits per heavy atom. The molecule has 0 fully saturated rings. The van der Waals surface area contributed by atoms with E-state index < -0.39 is 0 Å². The molecule has 0 saturated carbocycles. The number of benzene rings is 1. The molecular weight excluding hydrogens is 176 g/mol. The molecule has 14 heavy (non-hydrogen) atoms. The van der Waals surface area contributed by atoms with E-state index in [1.165, 1.54) is 5.56 Å². The largest absolute Gasteiger partial charge is 0.457 e. The minimum Gasteiger partial charge on any atom is -0.457 e. The maximum absolute atomic E-state index is 11.2. The SMILES string of the molecule is CC(C)(C)c1ccc2c(c1)COC2=O. The van der Waals surface area contributed by atoms with Crippen LogP contribution in [0.25, 0.3) is 0 Å². The molecule has 74 valence electrons. The molecule has 1 heterocycles. The van der Waals surface area contributed by atoms with Gasteiger partial charge >= 0.3 is 5.97 Å². The van der Waals surface area contributed by atoms with Crippen molar-refractivity contribution >= 4 is 5.97 Å². The van der Waals surface area contributed by atoms with Crippen LogP contribution in [0.2, 0.25) is 0 Å². The number of esters is 1. The Balaban J connectivity index is 2.47. The minimum absolute atomic E-state index is 0.126. The van der Waals surface area contributed by atoms with Crippen molar-refractivity contribution in [1.29, 1.82) is 0 Å². The normalized spacial score (nSPS) is 15.2. The molecule has 1 aromatic rings. The lowest BCUT2D eigenvalue weighted by Gasteiger charge is -2.19. The molecule has 0 aromatic heterocycles. The molecule has 1 aliphatic rings. The molecule has 1 aliphatic heterocycles. The van der Waals surface area contributed by atoms with E-state index in [0.29, 0.717) is 6.61 Å². The summed E-state index contributed by atoms with van der Waals surface area (Å²) in [6.07, 6.45) is 0. The van der Waals surface area contributed by atoms with Crippen molar-refractivity contribution in [3.8, 4) is 0 Å². The van der Waals surface area contributed by atoms with E-state index in [0.717, 1.165) is 11.1 Å². The van der Waals surface area contributed by atoms with Gasteiger partial charge in [0, 0.05) is 5.56 Å². The smallest absolute Gasteiger partial charge is 0.338 e. The topological polar surface area (TPSA) is 26.3 Å². The molecule has 0 bridgehead atoms. The summed E-state index contributed by atoms with van der Waals surface area (Å²) < 4.78 is 4.95. The van der Waals surface area contributed by atoms with Gasteiger partial charge in [-0.05, 0) is 17.0 Å². The van der Waals surface area contributed by atoms with E-state index in [4.69, 9.17) is 4.74 Å². The van der Waals surface area contributed by atoms with Crippen molar-refractivity contribution in [3.05, 3.63) is 34.9 Å². The van der Waals surface area contributed by atoms with Crippen molar-refractivity contribution in [2.24, 2.45) is 0 Å². The standard InChI is InChI=1S/C12H14O2/c1-12(2,3)9-4-5-10-8(6-9)7-14-11(10)13/h4-6H,7H2,1-3H3. The molecule has 0 unspecified atom stereocenters. The lowest BCUT2D eigenvalue weighted by Crippen LogP contribution is -2.11. The Morgan fingerprint density at radius 1 is 1.29 bits per heavy atom. The monoisotopic (exact) mass is 190 g/mol. The highest BCUT2D eigenvalue weighted by atomic mass is 16.5. The van der Waals surface area contributed by atoms with Crippen LogP contribution in [0.15, 0.2) is 18.2 Å². The van der Waals surface area contributed by atoms with E-state index >= 15 is 0 Å². The molecule has 0 amide bonds. The molecule has 2 heteroatoms. The van der Waals surface area contributed by atoms with Crippen LogP contribution in [-0.4, -0.2) is 5.97 Å². The van der Waals surface area contributed by atoms with Crippen molar-refractivity contribution in [3.63, 3.8) is 0 Å². The summed E-state index contributed by atoms with van der Waals surface area (Å²) in [5.41, 5.74) is 3.11. The van der Waals surface area contributed by atoms with Crippen LogP contribution < -0.4 is 0 Å². The molecular formula is C12H14O2. The fourth-order valence-corrected chi connectivity index (χ4v) is 1.60. The van der Waals surface area contributed by atoms with E-state index in [-0.39, 0.29) is 11.4 Å². The summed E-state index contributed by atoms with van der Waals surface area (Å²) in [5.74, 6) is -0.194. The number of hydrogen-bond acceptors (Lipinski definition) is 2. The van der Waals surface area contributed by atoms with Gasteiger partial charge in [-0.1, -0.05) is 32.9 Å². The first-order valence-electron chi connectivity index (χ1n) is 4.79. The molecule has 0 radical (unpaired) electrons. The number of carbonyl (C=O) groups excluding carboxylic acids is 1. The highest BCUT2D eigenvalue weighted by Gasteiger charge is 2.23.